The van der Waals surface area contributed by atoms with Crippen LogP contribution in [-0.2, 0) is 9.59 Å². The van der Waals surface area contributed by atoms with Crippen LogP contribution in [-0.4, -0.2) is 56.1 Å². The van der Waals surface area contributed by atoms with Crippen molar-refractivity contribution in [2.24, 2.45) is 0 Å². The number of β-lactam (4-membered cyclic amide) rings is 2. The molecule has 2 aliphatic heterocycles. The number of rotatable bonds is 5. The van der Waals surface area contributed by atoms with E-state index in [0.717, 1.165) is 11.1 Å². The number of nitrogens with zero attached hydrogens (tertiary/aromatic N) is 2. The van der Waals surface area contributed by atoms with E-state index in [0.29, 0.717) is 0 Å². The highest BCUT2D eigenvalue weighted by Gasteiger charge is 2.62. The van der Waals surface area contributed by atoms with Gasteiger partial charge in [0.2, 0.25) is 0 Å². The quantitative estimate of drug-likeness (QED) is 0.773. The van der Waals surface area contributed by atoms with E-state index in [1.807, 2.05) is 74.5 Å². The lowest BCUT2D eigenvalue weighted by Gasteiger charge is -2.59. The molecule has 2 heterocycles. The van der Waals surface area contributed by atoms with Crippen LogP contribution in [0.4, 0.5) is 0 Å². The third kappa shape index (κ3) is 2.72. The van der Waals surface area contributed by atoms with Gasteiger partial charge in [0.15, 0.2) is 12.2 Å². The van der Waals surface area contributed by atoms with Crippen molar-refractivity contribution in [1.82, 2.24) is 9.80 Å². The van der Waals surface area contributed by atoms with Crippen LogP contribution >= 0.6 is 0 Å². The van der Waals surface area contributed by atoms with E-state index in [1.54, 1.807) is 9.80 Å². The summed E-state index contributed by atoms with van der Waals surface area (Å²) < 4.78 is 0. The highest BCUT2D eigenvalue weighted by atomic mass is 16.3. The Labute approximate surface area is 164 Å². The number of carbonyl (C=O) groups excluding carboxylic acids is 2. The van der Waals surface area contributed by atoms with Crippen molar-refractivity contribution in [1.29, 1.82) is 0 Å². The third-order valence-corrected chi connectivity index (χ3v) is 6.05. The van der Waals surface area contributed by atoms with Crippen LogP contribution in [0, 0.1) is 0 Å². The van der Waals surface area contributed by atoms with Gasteiger partial charge in [-0.3, -0.25) is 9.59 Å². The van der Waals surface area contributed by atoms with E-state index in [1.165, 1.54) is 0 Å². The Morgan fingerprint density at radius 1 is 0.679 bits per heavy atom. The summed E-state index contributed by atoms with van der Waals surface area (Å²) in [6, 6.07) is 17.3. The average Bonchev–Trinajstić information content (AvgIpc) is 2.75. The number of likely N-dealkylation sites (tertiary alicyclic amines) is 2. The summed E-state index contributed by atoms with van der Waals surface area (Å²) in [6.45, 7) is 3.79. The highest BCUT2D eigenvalue weighted by Crippen LogP contribution is 2.42. The van der Waals surface area contributed by atoms with Crippen LogP contribution in [0.2, 0.25) is 0 Å². The SMILES string of the molecule is C[C@@H](c1ccccc1)N1C(=O)[C@H](O)[C@@H]1[C@H]1[C@@H](O)C(=O)N1[C@@H](C)c1ccccc1. The monoisotopic (exact) mass is 380 g/mol. The van der Waals surface area contributed by atoms with Crippen molar-refractivity contribution in [2.45, 2.75) is 50.2 Å². The van der Waals surface area contributed by atoms with Gasteiger partial charge in [0.25, 0.3) is 11.8 Å². The molecule has 2 saturated heterocycles. The maximum atomic E-state index is 12.5. The molecular formula is C22H24N2O4. The molecule has 2 N–H and O–H groups in total. The molecule has 2 aliphatic rings. The number of hydrogen-bond donors (Lipinski definition) is 2. The van der Waals surface area contributed by atoms with Gasteiger partial charge in [-0.1, -0.05) is 60.7 Å². The molecule has 6 nitrogen and oxygen atoms in total. The highest BCUT2D eigenvalue weighted by molar-refractivity contribution is 5.93. The number of carbonyl (C=O) groups is 2. The molecule has 2 fully saturated rings. The van der Waals surface area contributed by atoms with Crippen LogP contribution in [0.15, 0.2) is 60.7 Å². The number of hydrogen-bond acceptors (Lipinski definition) is 4. The Morgan fingerprint density at radius 2 is 1.00 bits per heavy atom. The van der Waals surface area contributed by atoms with Crippen molar-refractivity contribution in [2.75, 3.05) is 0 Å². The molecule has 28 heavy (non-hydrogen) atoms. The molecule has 0 aromatic heterocycles. The normalized spacial score (nSPS) is 29.1. The van der Waals surface area contributed by atoms with Crippen LogP contribution < -0.4 is 0 Å². The maximum Gasteiger partial charge on any atom is 0.254 e. The maximum absolute atomic E-state index is 12.5. The van der Waals surface area contributed by atoms with E-state index in [2.05, 4.69) is 0 Å². The van der Waals surface area contributed by atoms with Crippen LogP contribution in [0.3, 0.4) is 0 Å². The molecule has 0 unspecified atom stereocenters. The van der Waals surface area contributed by atoms with E-state index >= 15 is 0 Å². The fraction of sp³-hybridized carbons (Fsp3) is 0.364. The van der Waals surface area contributed by atoms with Crippen molar-refractivity contribution >= 4 is 11.8 Å². The minimum absolute atomic E-state index is 0.265. The lowest BCUT2D eigenvalue weighted by atomic mass is 9.78. The first-order valence-corrected chi connectivity index (χ1v) is 9.54. The van der Waals surface area contributed by atoms with E-state index < -0.39 is 24.3 Å². The second-order valence-electron chi connectivity index (χ2n) is 7.54. The number of aliphatic hydroxyl groups excluding tert-OH is 2. The van der Waals surface area contributed by atoms with Crippen molar-refractivity contribution in [3.05, 3.63) is 71.8 Å². The van der Waals surface area contributed by atoms with Gasteiger partial charge in [0.05, 0.1) is 24.2 Å². The molecule has 2 aromatic carbocycles. The Bertz CT molecular complexity index is 799. The minimum atomic E-state index is -1.22. The average molecular weight is 380 g/mol. The summed E-state index contributed by atoms with van der Waals surface area (Å²) in [5.74, 6) is -0.750. The molecule has 6 heteroatoms. The standard InChI is InChI=1S/C22H24N2O4/c1-13(15-9-5-3-6-10-15)23-17(19(25)21(23)27)18-20(26)22(28)24(18)14(2)16-11-7-4-8-12-16/h3-14,17-20,25-26H,1-2H3/t13-,14-,17-,18-,19+,20+/m0/s1. The molecule has 6 atom stereocenters. The number of benzene rings is 2. The lowest BCUT2D eigenvalue weighted by Crippen LogP contribution is -2.80. The Kier molecular flexibility index (Phi) is 4.69. The van der Waals surface area contributed by atoms with Gasteiger partial charge >= 0.3 is 0 Å². The van der Waals surface area contributed by atoms with Crippen LogP contribution in [0.1, 0.15) is 37.1 Å². The van der Waals surface area contributed by atoms with Gasteiger partial charge in [-0.2, -0.15) is 0 Å². The van der Waals surface area contributed by atoms with Crippen LogP contribution in [0.25, 0.3) is 0 Å². The zero-order valence-corrected chi connectivity index (χ0v) is 15.8. The summed E-state index contributed by atoms with van der Waals surface area (Å²) in [5, 5.41) is 20.8. The molecule has 2 amide bonds. The van der Waals surface area contributed by atoms with Crippen molar-refractivity contribution in [3.8, 4) is 0 Å². The molecule has 0 radical (unpaired) electrons. The number of aliphatic hydroxyl groups is 2. The van der Waals surface area contributed by atoms with Crippen LogP contribution in [0.5, 0.6) is 0 Å². The first-order chi connectivity index (χ1) is 13.4. The second kappa shape index (κ2) is 7.04. The third-order valence-electron chi connectivity index (χ3n) is 6.05. The second-order valence-corrected chi connectivity index (χ2v) is 7.54. The van der Waals surface area contributed by atoms with Gasteiger partial charge in [-0.25, -0.2) is 0 Å². The largest absolute Gasteiger partial charge is 0.381 e. The predicted molar refractivity (Wildman–Crippen MR) is 103 cm³/mol. The first kappa shape index (κ1) is 18.7. The molecule has 2 aromatic rings. The fourth-order valence-electron chi connectivity index (χ4n) is 4.42. The Morgan fingerprint density at radius 3 is 1.32 bits per heavy atom. The zero-order valence-electron chi connectivity index (χ0n) is 15.8. The van der Waals surface area contributed by atoms with Gasteiger partial charge in [0, 0.05) is 0 Å². The minimum Gasteiger partial charge on any atom is -0.381 e. The summed E-state index contributed by atoms with van der Waals surface area (Å²) in [4.78, 5) is 28.1. The summed E-state index contributed by atoms with van der Waals surface area (Å²) in [6.07, 6.45) is -2.44. The molecular weight excluding hydrogens is 356 g/mol. The predicted octanol–water partition coefficient (Wildman–Crippen LogP) is 1.65. The fourth-order valence-corrected chi connectivity index (χ4v) is 4.42. The Hall–Kier alpha value is -2.70. The topological polar surface area (TPSA) is 81.1 Å². The molecule has 146 valence electrons. The smallest absolute Gasteiger partial charge is 0.254 e. The van der Waals surface area contributed by atoms with Gasteiger partial charge in [-0.15, -0.1) is 0 Å². The molecule has 0 spiro atoms. The first-order valence-electron chi connectivity index (χ1n) is 9.54. The van der Waals surface area contributed by atoms with Gasteiger partial charge in [-0.05, 0) is 25.0 Å². The Balaban J connectivity index is 1.62. The molecule has 0 saturated carbocycles. The van der Waals surface area contributed by atoms with Gasteiger partial charge < -0.3 is 20.0 Å². The summed E-state index contributed by atoms with van der Waals surface area (Å²) in [5.41, 5.74) is 1.88. The van der Waals surface area contributed by atoms with Crippen molar-refractivity contribution in [3.63, 3.8) is 0 Å². The molecule has 0 aliphatic carbocycles. The van der Waals surface area contributed by atoms with Crippen molar-refractivity contribution < 1.29 is 19.8 Å². The summed E-state index contributed by atoms with van der Waals surface area (Å²) in [7, 11) is 0. The zero-order chi connectivity index (χ0) is 20.0. The van der Waals surface area contributed by atoms with Gasteiger partial charge in [0.1, 0.15) is 0 Å². The molecule has 0 bridgehead atoms. The lowest BCUT2D eigenvalue weighted by molar-refractivity contribution is -0.206. The summed E-state index contributed by atoms with van der Waals surface area (Å²) >= 11 is 0. The van der Waals surface area contributed by atoms with E-state index in [9.17, 15) is 19.8 Å². The van der Waals surface area contributed by atoms with E-state index in [-0.39, 0.29) is 23.9 Å². The molecule has 4 rings (SSSR count). The number of amides is 2. The van der Waals surface area contributed by atoms with E-state index in [4.69, 9.17) is 0 Å².